The van der Waals surface area contributed by atoms with Crippen LogP contribution in [0.1, 0.15) is 28.9 Å². The van der Waals surface area contributed by atoms with Crippen LogP contribution < -0.4 is 0 Å². The summed E-state index contributed by atoms with van der Waals surface area (Å²) in [6.45, 7) is 1.70. The average Bonchev–Trinajstić information content (AvgIpc) is 2.48. The number of hydrogen-bond acceptors (Lipinski definition) is 1. The largest absolute Gasteiger partial charge is 0.335 e. The van der Waals surface area contributed by atoms with Gasteiger partial charge in [0.25, 0.3) is 5.91 Å². The highest BCUT2D eigenvalue weighted by molar-refractivity contribution is 9.10. The first-order valence-electron chi connectivity index (χ1n) is 6.38. The van der Waals surface area contributed by atoms with Gasteiger partial charge in [0.2, 0.25) is 0 Å². The second kappa shape index (κ2) is 6.35. The van der Waals surface area contributed by atoms with Crippen LogP contribution in [-0.4, -0.2) is 17.9 Å². The molecule has 5 heteroatoms. The lowest BCUT2D eigenvalue weighted by Gasteiger charge is -2.26. The fraction of sp³-hybridized carbons (Fsp3) is 0.188. The molecule has 0 aliphatic carbocycles. The normalized spacial score (nSPS) is 12.0. The predicted molar refractivity (Wildman–Crippen MR) is 81.0 cm³/mol. The van der Waals surface area contributed by atoms with E-state index in [-0.39, 0.29) is 11.4 Å². The molecule has 1 amide bonds. The van der Waals surface area contributed by atoms with E-state index in [9.17, 15) is 13.6 Å². The van der Waals surface area contributed by atoms with Crippen molar-refractivity contribution in [1.82, 2.24) is 4.90 Å². The van der Waals surface area contributed by atoms with E-state index in [1.54, 1.807) is 25.1 Å². The van der Waals surface area contributed by atoms with Gasteiger partial charge < -0.3 is 4.90 Å². The maximum absolute atomic E-state index is 13.8. The number of rotatable bonds is 3. The molecule has 0 aliphatic rings. The molecule has 21 heavy (non-hydrogen) atoms. The van der Waals surface area contributed by atoms with E-state index in [0.29, 0.717) is 10.0 Å². The first-order valence-corrected chi connectivity index (χ1v) is 7.17. The molecule has 0 heterocycles. The van der Waals surface area contributed by atoms with Gasteiger partial charge in [0, 0.05) is 17.1 Å². The number of amides is 1. The van der Waals surface area contributed by atoms with Crippen LogP contribution in [0.25, 0.3) is 0 Å². The third-order valence-electron chi connectivity index (χ3n) is 3.42. The van der Waals surface area contributed by atoms with Gasteiger partial charge in [-0.1, -0.05) is 34.1 Å². The minimum Gasteiger partial charge on any atom is -0.335 e. The third-order valence-corrected chi connectivity index (χ3v) is 3.91. The van der Waals surface area contributed by atoms with E-state index >= 15 is 0 Å². The fourth-order valence-electron chi connectivity index (χ4n) is 2.05. The van der Waals surface area contributed by atoms with Crippen molar-refractivity contribution in [2.24, 2.45) is 0 Å². The van der Waals surface area contributed by atoms with Gasteiger partial charge in [-0.3, -0.25) is 4.79 Å². The monoisotopic (exact) mass is 353 g/mol. The minimum atomic E-state index is -0.601. The summed E-state index contributed by atoms with van der Waals surface area (Å²) in [5.74, 6) is -1.49. The molecule has 0 saturated carbocycles. The van der Waals surface area contributed by atoms with Crippen molar-refractivity contribution >= 4 is 21.8 Å². The average molecular weight is 354 g/mol. The summed E-state index contributed by atoms with van der Waals surface area (Å²) in [6.07, 6.45) is 0. The number of carbonyl (C=O) groups is 1. The lowest BCUT2D eigenvalue weighted by Crippen LogP contribution is -2.30. The zero-order valence-electron chi connectivity index (χ0n) is 11.6. The van der Waals surface area contributed by atoms with Gasteiger partial charge >= 0.3 is 0 Å². The van der Waals surface area contributed by atoms with Crippen LogP contribution in [0.3, 0.4) is 0 Å². The molecule has 2 aromatic rings. The summed E-state index contributed by atoms with van der Waals surface area (Å²) in [7, 11) is 1.53. The molecule has 0 spiro atoms. The summed E-state index contributed by atoms with van der Waals surface area (Å²) in [5.41, 5.74) is 0.346. The van der Waals surface area contributed by atoms with Crippen molar-refractivity contribution in [2.75, 3.05) is 7.05 Å². The fourth-order valence-corrected chi connectivity index (χ4v) is 2.41. The highest BCUT2D eigenvalue weighted by Gasteiger charge is 2.23. The van der Waals surface area contributed by atoms with Gasteiger partial charge in [0.1, 0.15) is 11.6 Å². The predicted octanol–water partition coefficient (Wildman–Crippen LogP) is 4.56. The van der Waals surface area contributed by atoms with Gasteiger partial charge in [-0.2, -0.15) is 0 Å². The molecule has 2 nitrogen and oxygen atoms in total. The zero-order valence-corrected chi connectivity index (χ0v) is 13.2. The van der Waals surface area contributed by atoms with E-state index in [1.165, 1.54) is 36.2 Å². The van der Waals surface area contributed by atoms with Gasteiger partial charge in [0.15, 0.2) is 0 Å². The summed E-state index contributed by atoms with van der Waals surface area (Å²) < 4.78 is 28.2. The molecule has 0 aliphatic heterocycles. The zero-order chi connectivity index (χ0) is 15.6. The molecule has 0 N–H and O–H groups in total. The molecule has 1 unspecified atom stereocenters. The Morgan fingerprint density at radius 2 is 1.81 bits per heavy atom. The summed E-state index contributed by atoms with van der Waals surface area (Å²) in [5, 5.41) is 0. The molecule has 0 aromatic heterocycles. The topological polar surface area (TPSA) is 20.3 Å². The number of benzene rings is 2. The molecule has 0 saturated heterocycles. The van der Waals surface area contributed by atoms with Gasteiger partial charge in [-0.15, -0.1) is 0 Å². The molecule has 2 rings (SSSR count). The maximum Gasteiger partial charge on any atom is 0.257 e. The van der Waals surface area contributed by atoms with Crippen molar-refractivity contribution in [2.45, 2.75) is 13.0 Å². The SMILES string of the molecule is CC(c1ccccc1F)N(C)C(=O)c1cc(Br)ccc1F. The number of nitrogens with zero attached hydrogens (tertiary/aromatic N) is 1. The van der Waals surface area contributed by atoms with Gasteiger partial charge in [-0.25, -0.2) is 8.78 Å². The summed E-state index contributed by atoms with van der Waals surface area (Å²) in [6, 6.07) is 9.89. The standard InChI is InChI=1S/C16H14BrF2NO/c1-10(12-5-3-4-6-14(12)18)20(2)16(21)13-9-11(17)7-8-15(13)19/h3-10H,1-2H3. The quantitative estimate of drug-likeness (QED) is 0.791. The molecular formula is C16H14BrF2NO. The molecule has 0 fully saturated rings. The Balaban J connectivity index is 2.31. The molecular weight excluding hydrogens is 340 g/mol. The minimum absolute atomic E-state index is 0.0462. The van der Waals surface area contributed by atoms with E-state index in [0.717, 1.165) is 0 Å². The molecule has 2 aromatic carbocycles. The van der Waals surface area contributed by atoms with Crippen LogP contribution in [0.15, 0.2) is 46.9 Å². The first kappa shape index (κ1) is 15.6. The Labute approximate surface area is 130 Å². The maximum atomic E-state index is 13.8. The molecule has 1 atom stereocenters. The number of hydrogen-bond donors (Lipinski definition) is 0. The number of halogens is 3. The second-order valence-corrected chi connectivity index (χ2v) is 5.65. The highest BCUT2D eigenvalue weighted by atomic mass is 79.9. The van der Waals surface area contributed by atoms with Crippen LogP contribution in [0.2, 0.25) is 0 Å². The van der Waals surface area contributed by atoms with E-state index in [2.05, 4.69) is 15.9 Å². The van der Waals surface area contributed by atoms with Crippen LogP contribution in [0, 0.1) is 11.6 Å². The highest BCUT2D eigenvalue weighted by Crippen LogP contribution is 2.25. The molecule has 110 valence electrons. The second-order valence-electron chi connectivity index (χ2n) is 4.74. The van der Waals surface area contributed by atoms with Gasteiger partial charge in [0.05, 0.1) is 11.6 Å². The van der Waals surface area contributed by atoms with Crippen molar-refractivity contribution in [3.8, 4) is 0 Å². The van der Waals surface area contributed by atoms with Crippen molar-refractivity contribution in [3.05, 3.63) is 69.7 Å². The Morgan fingerprint density at radius 1 is 1.14 bits per heavy atom. The van der Waals surface area contributed by atoms with Crippen molar-refractivity contribution in [1.29, 1.82) is 0 Å². The van der Waals surface area contributed by atoms with E-state index < -0.39 is 17.8 Å². The van der Waals surface area contributed by atoms with Crippen LogP contribution in [0.4, 0.5) is 8.78 Å². The Morgan fingerprint density at radius 3 is 2.48 bits per heavy atom. The summed E-state index contributed by atoms with van der Waals surface area (Å²) in [4.78, 5) is 13.7. The van der Waals surface area contributed by atoms with E-state index in [1.807, 2.05) is 0 Å². The molecule has 0 radical (unpaired) electrons. The smallest absolute Gasteiger partial charge is 0.257 e. The first-order chi connectivity index (χ1) is 9.91. The third kappa shape index (κ3) is 3.29. The lowest BCUT2D eigenvalue weighted by atomic mass is 10.1. The van der Waals surface area contributed by atoms with Gasteiger partial charge in [-0.05, 0) is 31.2 Å². The number of carbonyl (C=O) groups excluding carboxylic acids is 1. The van der Waals surface area contributed by atoms with Crippen LogP contribution in [-0.2, 0) is 0 Å². The Bertz CT molecular complexity index is 675. The van der Waals surface area contributed by atoms with Crippen molar-refractivity contribution < 1.29 is 13.6 Å². The lowest BCUT2D eigenvalue weighted by molar-refractivity contribution is 0.0735. The van der Waals surface area contributed by atoms with Crippen LogP contribution >= 0.6 is 15.9 Å². The summed E-state index contributed by atoms with van der Waals surface area (Å²) >= 11 is 3.21. The Hall–Kier alpha value is -1.75. The Kier molecular flexibility index (Phi) is 4.73. The molecule has 0 bridgehead atoms. The van der Waals surface area contributed by atoms with Crippen LogP contribution in [0.5, 0.6) is 0 Å². The van der Waals surface area contributed by atoms with Crippen molar-refractivity contribution in [3.63, 3.8) is 0 Å². The van der Waals surface area contributed by atoms with E-state index in [4.69, 9.17) is 0 Å².